The SMILES string of the molecule is Cc1cc(C(C)C)nc(NCC(C)C(C)C)n1. The van der Waals surface area contributed by atoms with Crippen LogP contribution in [0.4, 0.5) is 5.95 Å². The van der Waals surface area contributed by atoms with Gasteiger partial charge in [0.15, 0.2) is 0 Å². The molecular formula is C14H25N3. The number of aryl methyl sites for hydroxylation is 1. The minimum atomic E-state index is 0.444. The van der Waals surface area contributed by atoms with E-state index in [1.165, 1.54) is 0 Å². The zero-order chi connectivity index (χ0) is 13.0. The molecule has 1 unspecified atom stereocenters. The van der Waals surface area contributed by atoms with Gasteiger partial charge in [0.25, 0.3) is 0 Å². The lowest BCUT2D eigenvalue weighted by molar-refractivity contribution is 0.439. The van der Waals surface area contributed by atoms with Gasteiger partial charge in [0.05, 0.1) is 0 Å². The maximum atomic E-state index is 4.54. The van der Waals surface area contributed by atoms with E-state index < -0.39 is 0 Å². The van der Waals surface area contributed by atoms with Crippen molar-refractivity contribution in [1.82, 2.24) is 9.97 Å². The summed E-state index contributed by atoms with van der Waals surface area (Å²) in [4.78, 5) is 8.97. The van der Waals surface area contributed by atoms with Crippen molar-refractivity contribution < 1.29 is 0 Å². The predicted molar refractivity (Wildman–Crippen MR) is 73.3 cm³/mol. The molecule has 1 aromatic rings. The van der Waals surface area contributed by atoms with E-state index in [0.717, 1.165) is 23.9 Å². The van der Waals surface area contributed by atoms with Gasteiger partial charge < -0.3 is 5.32 Å². The Bertz CT molecular complexity index is 358. The quantitative estimate of drug-likeness (QED) is 0.847. The van der Waals surface area contributed by atoms with E-state index in [1.54, 1.807) is 0 Å². The van der Waals surface area contributed by atoms with E-state index in [9.17, 15) is 0 Å². The van der Waals surface area contributed by atoms with E-state index in [0.29, 0.717) is 17.8 Å². The van der Waals surface area contributed by atoms with Crippen LogP contribution in [0, 0.1) is 18.8 Å². The number of nitrogens with one attached hydrogen (secondary N) is 1. The molecule has 3 nitrogen and oxygen atoms in total. The molecule has 1 atom stereocenters. The first-order valence-electron chi connectivity index (χ1n) is 6.49. The molecule has 0 spiro atoms. The first kappa shape index (κ1) is 13.9. The largest absolute Gasteiger partial charge is 0.354 e. The molecule has 0 aromatic carbocycles. The van der Waals surface area contributed by atoms with Crippen molar-refractivity contribution in [2.45, 2.75) is 47.5 Å². The molecule has 1 heterocycles. The van der Waals surface area contributed by atoms with Crippen LogP contribution >= 0.6 is 0 Å². The smallest absolute Gasteiger partial charge is 0.223 e. The average Bonchev–Trinajstić information content (AvgIpc) is 2.24. The Kier molecular flexibility index (Phi) is 4.91. The summed E-state index contributed by atoms with van der Waals surface area (Å²) in [6.07, 6.45) is 0. The molecule has 0 aliphatic rings. The van der Waals surface area contributed by atoms with Crippen molar-refractivity contribution in [3.63, 3.8) is 0 Å². The molecule has 0 amide bonds. The molecule has 0 aliphatic heterocycles. The van der Waals surface area contributed by atoms with Gasteiger partial charge in [-0.3, -0.25) is 0 Å². The number of hydrogen-bond acceptors (Lipinski definition) is 3. The summed E-state index contributed by atoms with van der Waals surface area (Å²) >= 11 is 0. The average molecular weight is 235 g/mol. The third kappa shape index (κ3) is 4.33. The molecule has 0 aliphatic carbocycles. The molecule has 0 saturated carbocycles. The molecule has 1 rings (SSSR count). The van der Waals surface area contributed by atoms with Crippen LogP contribution in [0.25, 0.3) is 0 Å². The highest BCUT2D eigenvalue weighted by Crippen LogP contribution is 2.15. The van der Waals surface area contributed by atoms with Crippen LogP contribution in [0.2, 0.25) is 0 Å². The second-order valence-electron chi connectivity index (χ2n) is 5.51. The molecule has 1 aromatic heterocycles. The Morgan fingerprint density at radius 2 is 1.76 bits per heavy atom. The van der Waals surface area contributed by atoms with Crippen LogP contribution in [-0.2, 0) is 0 Å². The molecule has 0 bridgehead atoms. The van der Waals surface area contributed by atoms with Gasteiger partial charge >= 0.3 is 0 Å². The van der Waals surface area contributed by atoms with Crippen molar-refractivity contribution >= 4 is 5.95 Å². The first-order valence-corrected chi connectivity index (χ1v) is 6.49. The van der Waals surface area contributed by atoms with Gasteiger partial charge in [-0.25, -0.2) is 9.97 Å². The fourth-order valence-electron chi connectivity index (χ4n) is 1.46. The topological polar surface area (TPSA) is 37.8 Å². The van der Waals surface area contributed by atoms with E-state index >= 15 is 0 Å². The maximum Gasteiger partial charge on any atom is 0.223 e. The normalized spacial score (nSPS) is 13.2. The zero-order valence-corrected chi connectivity index (χ0v) is 11.9. The highest BCUT2D eigenvalue weighted by molar-refractivity contribution is 5.29. The summed E-state index contributed by atoms with van der Waals surface area (Å²) in [5, 5.41) is 3.34. The summed E-state index contributed by atoms with van der Waals surface area (Å²) < 4.78 is 0. The third-order valence-corrected chi connectivity index (χ3v) is 3.19. The van der Waals surface area contributed by atoms with Gasteiger partial charge in [-0.2, -0.15) is 0 Å². The Morgan fingerprint density at radius 3 is 2.29 bits per heavy atom. The highest BCUT2D eigenvalue weighted by Gasteiger charge is 2.09. The highest BCUT2D eigenvalue weighted by atomic mass is 15.1. The summed E-state index contributed by atoms with van der Waals surface area (Å²) in [6, 6.07) is 2.06. The van der Waals surface area contributed by atoms with Crippen molar-refractivity contribution in [3.8, 4) is 0 Å². The molecule has 0 radical (unpaired) electrons. The van der Waals surface area contributed by atoms with Crippen LogP contribution in [-0.4, -0.2) is 16.5 Å². The fraction of sp³-hybridized carbons (Fsp3) is 0.714. The van der Waals surface area contributed by atoms with Crippen LogP contribution in [0.5, 0.6) is 0 Å². The molecule has 0 saturated heterocycles. The van der Waals surface area contributed by atoms with Crippen LogP contribution < -0.4 is 5.32 Å². The standard InChI is InChI=1S/C14H25N3/c1-9(2)11(5)8-15-14-16-12(6)7-13(17-14)10(3)4/h7,9-11H,8H2,1-6H3,(H,15,16,17). The minimum Gasteiger partial charge on any atom is -0.354 e. The molecule has 3 heteroatoms. The first-order chi connectivity index (χ1) is 7.90. The monoisotopic (exact) mass is 235 g/mol. The van der Waals surface area contributed by atoms with E-state index in [1.807, 2.05) is 6.92 Å². The van der Waals surface area contributed by atoms with E-state index in [-0.39, 0.29) is 0 Å². The van der Waals surface area contributed by atoms with Gasteiger partial charge in [0.2, 0.25) is 5.95 Å². The number of rotatable bonds is 5. The van der Waals surface area contributed by atoms with Gasteiger partial charge in [0, 0.05) is 17.9 Å². The Hall–Kier alpha value is -1.12. The van der Waals surface area contributed by atoms with E-state index in [2.05, 4.69) is 56.0 Å². The fourth-order valence-corrected chi connectivity index (χ4v) is 1.46. The number of anilines is 1. The van der Waals surface area contributed by atoms with Gasteiger partial charge in [-0.15, -0.1) is 0 Å². The van der Waals surface area contributed by atoms with Crippen LogP contribution in [0.15, 0.2) is 6.07 Å². The van der Waals surface area contributed by atoms with E-state index in [4.69, 9.17) is 0 Å². The number of nitrogens with zero attached hydrogens (tertiary/aromatic N) is 2. The van der Waals surface area contributed by atoms with Crippen LogP contribution in [0.3, 0.4) is 0 Å². The Balaban J connectivity index is 2.71. The summed E-state index contributed by atoms with van der Waals surface area (Å²) in [5.74, 6) is 2.51. The molecule has 1 N–H and O–H groups in total. The van der Waals surface area contributed by atoms with Crippen molar-refractivity contribution in [3.05, 3.63) is 17.5 Å². The van der Waals surface area contributed by atoms with Gasteiger partial charge in [-0.1, -0.05) is 34.6 Å². The Morgan fingerprint density at radius 1 is 1.12 bits per heavy atom. The lowest BCUT2D eigenvalue weighted by Crippen LogP contribution is -2.18. The Labute approximate surface area is 105 Å². The van der Waals surface area contributed by atoms with Crippen molar-refractivity contribution in [2.75, 3.05) is 11.9 Å². The van der Waals surface area contributed by atoms with Gasteiger partial charge in [0.1, 0.15) is 0 Å². The number of aromatic nitrogens is 2. The minimum absolute atomic E-state index is 0.444. The lowest BCUT2D eigenvalue weighted by atomic mass is 9.98. The number of hydrogen-bond donors (Lipinski definition) is 1. The van der Waals surface area contributed by atoms with Crippen LogP contribution in [0.1, 0.15) is 51.9 Å². The molecular weight excluding hydrogens is 210 g/mol. The molecule has 96 valence electrons. The second kappa shape index (κ2) is 5.99. The van der Waals surface area contributed by atoms with Gasteiger partial charge in [-0.05, 0) is 30.7 Å². The lowest BCUT2D eigenvalue weighted by Gasteiger charge is -2.17. The second-order valence-corrected chi connectivity index (χ2v) is 5.51. The third-order valence-electron chi connectivity index (χ3n) is 3.19. The summed E-state index contributed by atoms with van der Waals surface area (Å²) in [6.45, 7) is 14.0. The predicted octanol–water partition coefficient (Wildman–Crippen LogP) is 3.61. The molecule has 17 heavy (non-hydrogen) atoms. The maximum absolute atomic E-state index is 4.54. The molecule has 0 fully saturated rings. The van der Waals surface area contributed by atoms with Crippen molar-refractivity contribution in [1.29, 1.82) is 0 Å². The zero-order valence-electron chi connectivity index (χ0n) is 11.9. The summed E-state index contributed by atoms with van der Waals surface area (Å²) in [7, 11) is 0. The summed E-state index contributed by atoms with van der Waals surface area (Å²) in [5.41, 5.74) is 2.14. The van der Waals surface area contributed by atoms with Crippen molar-refractivity contribution in [2.24, 2.45) is 11.8 Å².